The second kappa shape index (κ2) is 3.60. The Morgan fingerprint density at radius 2 is 2.31 bits per heavy atom. The highest BCUT2D eigenvalue weighted by Crippen LogP contribution is 2.05. The third-order valence-corrected chi connectivity index (χ3v) is 3.40. The van der Waals surface area contributed by atoms with E-state index in [0.29, 0.717) is 13.1 Å². The Morgan fingerprint density at radius 3 is 2.69 bits per heavy atom. The third kappa shape index (κ3) is 2.64. The van der Waals surface area contributed by atoms with Gasteiger partial charge in [-0.15, -0.1) is 0 Å². The number of carbonyl (C=O) groups excluding carboxylic acids is 1. The van der Waals surface area contributed by atoms with Crippen molar-refractivity contribution in [1.82, 2.24) is 14.3 Å². The number of amides is 1. The van der Waals surface area contributed by atoms with Gasteiger partial charge < -0.3 is 5.32 Å². The summed E-state index contributed by atoms with van der Waals surface area (Å²) in [5.74, 6) is -0.159. The van der Waals surface area contributed by atoms with E-state index in [4.69, 9.17) is 0 Å². The van der Waals surface area contributed by atoms with Crippen molar-refractivity contribution in [1.29, 1.82) is 0 Å². The van der Waals surface area contributed by atoms with Crippen molar-refractivity contribution in [2.24, 2.45) is 0 Å². The molecule has 1 aliphatic heterocycles. The van der Waals surface area contributed by atoms with Gasteiger partial charge in [-0.25, -0.2) is 0 Å². The number of nitrogens with one attached hydrogen (secondary N) is 2. The average molecular weight is 207 g/mol. The molecule has 1 heterocycles. The number of hydrogen-bond donors (Lipinski definition) is 2. The van der Waals surface area contributed by atoms with Crippen LogP contribution in [0.2, 0.25) is 0 Å². The molecule has 0 aromatic rings. The van der Waals surface area contributed by atoms with Crippen LogP contribution in [0.25, 0.3) is 0 Å². The second-order valence-electron chi connectivity index (χ2n) is 3.04. The van der Waals surface area contributed by atoms with E-state index in [9.17, 15) is 13.2 Å². The van der Waals surface area contributed by atoms with Crippen molar-refractivity contribution in [3.63, 3.8) is 0 Å². The molecule has 1 saturated heterocycles. The molecule has 1 fully saturated rings. The molecule has 0 spiro atoms. The van der Waals surface area contributed by atoms with Gasteiger partial charge in [0.2, 0.25) is 5.91 Å². The number of rotatable bonds is 2. The maximum absolute atomic E-state index is 11.1. The maximum Gasteiger partial charge on any atom is 0.279 e. The molecule has 76 valence electrons. The largest absolute Gasteiger partial charge is 0.355 e. The van der Waals surface area contributed by atoms with Crippen LogP contribution in [0.15, 0.2) is 0 Å². The summed E-state index contributed by atoms with van der Waals surface area (Å²) in [6.07, 6.45) is 0. The quantitative estimate of drug-likeness (QED) is 0.565. The van der Waals surface area contributed by atoms with Crippen LogP contribution < -0.4 is 10.0 Å². The van der Waals surface area contributed by atoms with Crippen LogP contribution in [0.4, 0.5) is 0 Å². The predicted octanol–water partition coefficient (Wildman–Crippen LogP) is -1.73. The Balaban J connectivity index is 2.46. The molecule has 0 aliphatic carbocycles. The molecule has 1 amide bonds. The van der Waals surface area contributed by atoms with E-state index in [1.807, 2.05) is 0 Å². The zero-order chi connectivity index (χ0) is 10.1. The Hall–Kier alpha value is -0.660. The van der Waals surface area contributed by atoms with Crippen molar-refractivity contribution >= 4 is 16.1 Å². The van der Waals surface area contributed by atoms with Crippen LogP contribution in [0, 0.1) is 0 Å². The fourth-order valence-electron chi connectivity index (χ4n) is 1.12. The Bertz CT molecular complexity index is 300. The van der Waals surface area contributed by atoms with Crippen LogP contribution in [0.5, 0.6) is 0 Å². The van der Waals surface area contributed by atoms with Gasteiger partial charge in [0.1, 0.15) is 0 Å². The van der Waals surface area contributed by atoms with E-state index in [1.54, 1.807) is 0 Å². The normalized spacial score (nSPS) is 27.4. The van der Waals surface area contributed by atoms with E-state index in [0.717, 1.165) is 0 Å². The highest BCUT2D eigenvalue weighted by molar-refractivity contribution is 7.87. The van der Waals surface area contributed by atoms with Gasteiger partial charge in [0.25, 0.3) is 10.2 Å². The lowest BCUT2D eigenvalue weighted by Crippen LogP contribution is -2.38. The van der Waals surface area contributed by atoms with Crippen molar-refractivity contribution in [2.45, 2.75) is 13.0 Å². The van der Waals surface area contributed by atoms with Gasteiger partial charge in [-0.05, 0) is 0 Å². The molecular formula is C6H13N3O3S. The molecule has 7 heteroatoms. The molecule has 1 aliphatic rings. The minimum Gasteiger partial charge on any atom is -0.355 e. The fraction of sp³-hybridized carbons (Fsp3) is 0.833. The zero-order valence-corrected chi connectivity index (χ0v) is 8.39. The molecule has 13 heavy (non-hydrogen) atoms. The lowest BCUT2D eigenvalue weighted by atomic mass is 10.3. The van der Waals surface area contributed by atoms with Crippen LogP contribution >= 0.6 is 0 Å². The van der Waals surface area contributed by atoms with Crippen LogP contribution in [0.1, 0.15) is 6.92 Å². The summed E-state index contributed by atoms with van der Waals surface area (Å²) in [5, 5.41) is 2.55. The topological polar surface area (TPSA) is 78.5 Å². The molecule has 1 atom stereocenters. The molecule has 1 unspecified atom stereocenters. The van der Waals surface area contributed by atoms with Gasteiger partial charge in [-0.1, -0.05) is 0 Å². The summed E-state index contributed by atoms with van der Waals surface area (Å²) in [6.45, 7) is 2.12. The standard InChI is InChI=1S/C6H13N3O3S/c1-5(10)7-3-6-4-9(2)13(11,12)8-6/h6,8H,3-4H2,1-2H3,(H,7,10). The number of hydrogen-bond acceptors (Lipinski definition) is 3. The molecule has 0 radical (unpaired) electrons. The number of carbonyl (C=O) groups is 1. The summed E-state index contributed by atoms with van der Waals surface area (Å²) in [6, 6.07) is -0.223. The van der Waals surface area contributed by atoms with Gasteiger partial charge in [-0.2, -0.15) is 17.4 Å². The molecule has 0 aromatic carbocycles. The van der Waals surface area contributed by atoms with Crippen molar-refractivity contribution < 1.29 is 13.2 Å². The molecule has 0 saturated carbocycles. The summed E-state index contributed by atoms with van der Waals surface area (Å²) in [4.78, 5) is 10.5. The molecule has 0 bridgehead atoms. The van der Waals surface area contributed by atoms with Gasteiger partial charge in [-0.3, -0.25) is 4.79 Å². The summed E-state index contributed by atoms with van der Waals surface area (Å²) >= 11 is 0. The first-order chi connectivity index (χ1) is 5.92. The van der Waals surface area contributed by atoms with Crippen LogP contribution in [-0.4, -0.2) is 44.8 Å². The predicted molar refractivity (Wildman–Crippen MR) is 47.2 cm³/mol. The lowest BCUT2D eigenvalue weighted by molar-refractivity contribution is -0.119. The van der Waals surface area contributed by atoms with Crippen molar-refractivity contribution in [2.75, 3.05) is 20.1 Å². The smallest absolute Gasteiger partial charge is 0.279 e. The second-order valence-corrected chi connectivity index (χ2v) is 4.85. The summed E-state index contributed by atoms with van der Waals surface area (Å²) in [5.41, 5.74) is 0. The van der Waals surface area contributed by atoms with E-state index >= 15 is 0 Å². The molecule has 6 nitrogen and oxygen atoms in total. The SMILES string of the molecule is CC(=O)NCC1CN(C)S(=O)(=O)N1. The highest BCUT2D eigenvalue weighted by Gasteiger charge is 2.31. The Labute approximate surface area is 77.5 Å². The highest BCUT2D eigenvalue weighted by atomic mass is 32.2. The van der Waals surface area contributed by atoms with Gasteiger partial charge in [0.15, 0.2) is 0 Å². The Morgan fingerprint density at radius 1 is 1.69 bits per heavy atom. The minimum atomic E-state index is -3.29. The first-order valence-corrected chi connectivity index (χ1v) is 5.34. The van der Waals surface area contributed by atoms with Gasteiger partial charge in [0, 0.05) is 27.1 Å². The van der Waals surface area contributed by atoms with E-state index in [2.05, 4.69) is 10.0 Å². The van der Waals surface area contributed by atoms with E-state index < -0.39 is 10.2 Å². The van der Waals surface area contributed by atoms with E-state index in [-0.39, 0.29) is 11.9 Å². The van der Waals surface area contributed by atoms with Gasteiger partial charge >= 0.3 is 0 Å². The zero-order valence-electron chi connectivity index (χ0n) is 7.57. The summed E-state index contributed by atoms with van der Waals surface area (Å²) in [7, 11) is -1.79. The number of likely N-dealkylation sites (N-methyl/N-ethyl adjacent to an activating group) is 1. The van der Waals surface area contributed by atoms with Crippen LogP contribution in [-0.2, 0) is 15.0 Å². The van der Waals surface area contributed by atoms with Crippen LogP contribution in [0.3, 0.4) is 0 Å². The van der Waals surface area contributed by atoms with Gasteiger partial charge in [0.05, 0.1) is 6.04 Å². The lowest BCUT2D eigenvalue weighted by Gasteiger charge is -2.07. The van der Waals surface area contributed by atoms with Crippen molar-refractivity contribution in [3.8, 4) is 0 Å². The summed E-state index contributed by atoms with van der Waals surface area (Å²) < 4.78 is 25.9. The first-order valence-electron chi connectivity index (χ1n) is 3.90. The maximum atomic E-state index is 11.1. The van der Waals surface area contributed by atoms with E-state index in [1.165, 1.54) is 18.3 Å². The molecule has 2 N–H and O–H groups in total. The molecule has 1 rings (SSSR count). The third-order valence-electron chi connectivity index (χ3n) is 1.80. The number of nitrogens with zero attached hydrogens (tertiary/aromatic N) is 1. The minimum absolute atomic E-state index is 0.159. The Kier molecular flexibility index (Phi) is 2.89. The average Bonchev–Trinajstić information content (AvgIpc) is 2.22. The fourth-order valence-corrected chi connectivity index (χ4v) is 2.25. The van der Waals surface area contributed by atoms with Crippen molar-refractivity contribution in [3.05, 3.63) is 0 Å². The first kappa shape index (κ1) is 10.4. The monoisotopic (exact) mass is 207 g/mol. The molecular weight excluding hydrogens is 194 g/mol. The molecule has 0 aromatic heterocycles.